The first kappa shape index (κ1) is 14.8. The molecule has 1 fully saturated rings. The summed E-state index contributed by atoms with van der Waals surface area (Å²) >= 11 is 0. The Balaban J connectivity index is 1.62. The topological polar surface area (TPSA) is 70.6 Å². The van der Waals surface area contributed by atoms with E-state index in [4.69, 9.17) is 4.74 Å². The molecule has 1 aromatic rings. The Morgan fingerprint density at radius 1 is 1.45 bits per heavy atom. The molecule has 1 unspecified atom stereocenters. The summed E-state index contributed by atoms with van der Waals surface area (Å²) in [6.07, 6.45) is 1.79. The molecule has 110 valence electrons. The van der Waals surface area contributed by atoms with E-state index in [1.807, 2.05) is 31.2 Å². The molecule has 3 N–H and O–H groups in total. The molecule has 0 saturated heterocycles. The van der Waals surface area contributed by atoms with Gasteiger partial charge in [-0.15, -0.1) is 0 Å². The van der Waals surface area contributed by atoms with Gasteiger partial charge in [-0.3, -0.25) is 0 Å². The van der Waals surface area contributed by atoms with Gasteiger partial charge in [0, 0.05) is 18.8 Å². The van der Waals surface area contributed by atoms with Crippen molar-refractivity contribution in [3.63, 3.8) is 0 Å². The van der Waals surface area contributed by atoms with E-state index in [-0.39, 0.29) is 19.2 Å². The first-order chi connectivity index (χ1) is 9.65. The molecule has 1 aromatic carbocycles. The second kappa shape index (κ2) is 7.26. The summed E-state index contributed by atoms with van der Waals surface area (Å²) in [7, 11) is 0. The first-order valence-electron chi connectivity index (χ1n) is 7.01. The van der Waals surface area contributed by atoms with Crippen molar-refractivity contribution in [2.24, 2.45) is 5.92 Å². The molecule has 2 rings (SSSR count). The Labute approximate surface area is 119 Å². The summed E-state index contributed by atoms with van der Waals surface area (Å²) in [5, 5.41) is 15.1. The molecule has 1 saturated carbocycles. The van der Waals surface area contributed by atoms with Crippen molar-refractivity contribution >= 4 is 11.7 Å². The number of benzene rings is 1. The van der Waals surface area contributed by atoms with E-state index in [1.54, 1.807) is 0 Å². The van der Waals surface area contributed by atoms with E-state index in [1.165, 1.54) is 12.8 Å². The molecule has 0 radical (unpaired) electrons. The fourth-order valence-electron chi connectivity index (χ4n) is 1.80. The number of rotatable bonds is 7. The van der Waals surface area contributed by atoms with E-state index in [0.717, 1.165) is 11.3 Å². The zero-order chi connectivity index (χ0) is 14.4. The summed E-state index contributed by atoms with van der Waals surface area (Å²) in [6.45, 7) is 3.09. The molecule has 0 aromatic heterocycles. The molecule has 0 spiro atoms. The summed E-state index contributed by atoms with van der Waals surface area (Å²) < 4.78 is 5.37. The van der Waals surface area contributed by atoms with Gasteiger partial charge in [0.25, 0.3) is 0 Å². The lowest BCUT2D eigenvalue weighted by Gasteiger charge is -2.13. The van der Waals surface area contributed by atoms with Gasteiger partial charge in [0.15, 0.2) is 0 Å². The van der Waals surface area contributed by atoms with Gasteiger partial charge in [-0.1, -0.05) is 18.2 Å². The zero-order valence-electron chi connectivity index (χ0n) is 11.8. The number of anilines is 1. The van der Waals surface area contributed by atoms with Crippen molar-refractivity contribution < 1.29 is 14.6 Å². The van der Waals surface area contributed by atoms with Gasteiger partial charge in [0.05, 0.1) is 12.7 Å². The lowest BCUT2D eigenvalue weighted by atomic mass is 10.2. The molecule has 0 aliphatic heterocycles. The summed E-state index contributed by atoms with van der Waals surface area (Å²) in [6, 6.07) is 7.23. The molecule has 1 aliphatic carbocycles. The quantitative estimate of drug-likeness (QED) is 0.713. The maximum atomic E-state index is 11.7. The minimum absolute atomic E-state index is 0.183. The smallest absolute Gasteiger partial charge is 0.319 e. The highest BCUT2D eigenvalue weighted by atomic mass is 16.5. The van der Waals surface area contributed by atoms with Crippen LogP contribution in [0.5, 0.6) is 0 Å². The summed E-state index contributed by atoms with van der Waals surface area (Å²) in [5.41, 5.74) is 1.76. The fourth-order valence-corrected chi connectivity index (χ4v) is 1.80. The molecular formula is C15H22N2O3. The Morgan fingerprint density at radius 2 is 2.20 bits per heavy atom. The van der Waals surface area contributed by atoms with Gasteiger partial charge in [-0.05, 0) is 37.3 Å². The lowest BCUT2D eigenvalue weighted by Crippen LogP contribution is -2.37. The average Bonchev–Trinajstić information content (AvgIpc) is 3.23. The SMILES string of the molecule is Cc1ccccc1NC(=O)NCC(O)COCC1CC1. The van der Waals surface area contributed by atoms with Crippen LogP contribution in [0, 0.1) is 12.8 Å². The Morgan fingerprint density at radius 3 is 2.90 bits per heavy atom. The number of hydrogen-bond acceptors (Lipinski definition) is 3. The molecule has 5 heteroatoms. The van der Waals surface area contributed by atoms with Gasteiger partial charge in [-0.2, -0.15) is 0 Å². The minimum Gasteiger partial charge on any atom is -0.389 e. The largest absolute Gasteiger partial charge is 0.389 e. The van der Waals surface area contributed by atoms with Crippen LogP contribution in [0.3, 0.4) is 0 Å². The van der Waals surface area contributed by atoms with Crippen molar-refractivity contribution in [3.8, 4) is 0 Å². The molecule has 0 heterocycles. The van der Waals surface area contributed by atoms with E-state index in [0.29, 0.717) is 12.5 Å². The van der Waals surface area contributed by atoms with Gasteiger partial charge in [0.2, 0.25) is 0 Å². The van der Waals surface area contributed by atoms with Gasteiger partial charge < -0.3 is 20.5 Å². The second-order valence-corrected chi connectivity index (χ2v) is 5.28. The molecule has 20 heavy (non-hydrogen) atoms. The number of amides is 2. The first-order valence-corrected chi connectivity index (χ1v) is 7.01. The lowest BCUT2D eigenvalue weighted by molar-refractivity contribution is 0.0339. The third-order valence-electron chi connectivity index (χ3n) is 3.25. The van der Waals surface area contributed by atoms with E-state index < -0.39 is 6.10 Å². The van der Waals surface area contributed by atoms with Crippen LogP contribution in [-0.2, 0) is 4.74 Å². The molecule has 5 nitrogen and oxygen atoms in total. The Kier molecular flexibility index (Phi) is 5.38. The van der Waals surface area contributed by atoms with Crippen LogP contribution >= 0.6 is 0 Å². The number of ether oxygens (including phenoxy) is 1. The van der Waals surface area contributed by atoms with Gasteiger partial charge in [-0.25, -0.2) is 4.79 Å². The van der Waals surface area contributed by atoms with Crippen LogP contribution in [0.2, 0.25) is 0 Å². The highest BCUT2D eigenvalue weighted by Crippen LogP contribution is 2.28. The Hall–Kier alpha value is -1.59. The minimum atomic E-state index is -0.670. The van der Waals surface area contributed by atoms with Crippen LogP contribution in [0.4, 0.5) is 10.5 Å². The number of aliphatic hydroxyl groups is 1. The molecule has 2 amide bonds. The van der Waals surface area contributed by atoms with Crippen LogP contribution in [0.15, 0.2) is 24.3 Å². The zero-order valence-corrected chi connectivity index (χ0v) is 11.8. The van der Waals surface area contributed by atoms with Crippen molar-refractivity contribution in [1.82, 2.24) is 5.32 Å². The third-order valence-corrected chi connectivity index (χ3v) is 3.25. The predicted octanol–water partition coefficient (Wildman–Crippen LogP) is 1.90. The average molecular weight is 278 g/mol. The van der Waals surface area contributed by atoms with Crippen LogP contribution in [-0.4, -0.2) is 37.0 Å². The van der Waals surface area contributed by atoms with E-state index in [9.17, 15) is 9.90 Å². The standard InChI is InChI=1S/C15H22N2O3/c1-11-4-2-3-5-14(11)17-15(19)16-8-13(18)10-20-9-12-6-7-12/h2-5,12-13,18H,6-10H2,1H3,(H2,16,17,19). The van der Waals surface area contributed by atoms with Gasteiger partial charge in [0.1, 0.15) is 0 Å². The number of aryl methyl sites for hydroxylation is 1. The summed E-state index contributed by atoms with van der Waals surface area (Å²) in [4.78, 5) is 11.7. The maximum absolute atomic E-state index is 11.7. The number of urea groups is 1. The number of nitrogens with one attached hydrogen (secondary N) is 2. The maximum Gasteiger partial charge on any atom is 0.319 e. The predicted molar refractivity (Wildman–Crippen MR) is 77.8 cm³/mol. The second-order valence-electron chi connectivity index (χ2n) is 5.28. The molecular weight excluding hydrogens is 256 g/mol. The Bertz CT molecular complexity index is 446. The normalized spacial score (nSPS) is 15.7. The van der Waals surface area contributed by atoms with Crippen molar-refractivity contribution in [2.45, 2.75) is 25.9 Å². The summed E-state index contributed by atoms with van der Waals surface area (Å²) in [5.74, 6) is 0.680. The number of carbonyl (C=O) groups is 1. The molecule has 1 atom stereocenters. The highest BCUT2D eigenvalue weighted by Gasteiger charge is 2.21. The van der Waals surface area contributed by atoms with Crippen molar-refractivity contribution in [1.29, 1.82) is 0 Å². The number of aliphatic hydroxyl groups excluding tert-OH is 1. The van der Waals surface area contributed by atoms with Crippen LogP contribution in [0.25, 0.3) is 0 Å². The van der Waals surface area contributed by atoms with Crippen molar-refractivity contribution in [3.05, 3.63) is 29.8 Å². The van der Waals surface area contributed by atoms with Gasteiger partial charge >= 0.3 is 6.03 Å². The molecule has 0 bridgehead atoms. The fraction of sp³-hybridized carbons (Fsp3) is 0.533. The number of hydrogen-bond donors (Lipinski definition) is 3. The molecule has 1 aliphatic rings. The number of carbonyl (C=O) groups excluding carboxylic acids is 1. The highest BCUT2D eigenvalue weighted by molar-refractivity contribution is 5.89. The number of para-hydroxylation sites is 1. The van der Waals surface area contributed by atoms with E-state index >= 15 is 0 Å². The van der Waals surface area contributed by atoms with Crippen LogP contribution < -0.4 is 10.6 Å². The van der Waals surface area contributed by atoms with E-state index in [2.05, 4.69) is 10.6 Å². The monoisotopic (exact) mass is 278 g/mol. The van der Waals surface area contributed by atoms with Crippen LogP contribution in [0.1, 0.15) is 18.4 Å². The van der Waals surface area contributed by atoms with Crippen molar-refractivity contribution in [2.75, 3.05) is 25.1 Å². The third kappa shape index (κ3) is 5.19.